The van der Waals surface area contributed by atoms with Crippen LogP contribution in [0.1, 0.15) is 21.6 Å². The lowest BCUT2D eigenvalue weighted by Crippen LogP contribution is -2.07. The minimum absolute atomic E-state index is 0.268. The summed E-state index contributed by atoms with van der Waals surface area (Å²) in [4.78, 5) is 12.9. The zero-order valence-corrected chi connectivity index (χ0v) is 14.6. The first kappa shape index (κ1) is 16.2. The molecule has 3 heteroatoms. The van der Waals surface area contributed by atoms with E-state index in [-0.39, 0.29) is 12.6 Å². The van der Waals surface area contributed by atoms with E-state index in [1.807, 2.05) is 91.9 Å². The van der Waals surface area contributed by atoms with Crippen molar-refractivity contribution in [3.63, 3.8) is 0 Å². The summed E-state index contributed by atoms with van der Waals surface area (Å²) in [5.41, 5.74) is 4.52. The first-order valence-corrected chi connectivity index (χ1v) is 8.62. The number of rotatable bonds is 4. The predicted molar refractivity (Wildman–Crippen MR) is 104 cm³/mol. The molecule has 0 saturated carbocycles. The van der Waals surface area contributed by atoms with Gasteiger partial charge in [0.2, 0.25) is 0 Å². The molecule has 4 rings (SSSR count). The van der Waals surface area contributed by atoms with Crippen molar-refractivity contribution in [2.24, 2.45) is 0 Å². The van der Waals surface area contributed by atoms with E-state index in [1.54, 1.807) is 0 Å². The summed E-state index contributed by atoms with van der Waals surface area (Å²) in [5, 5.41) is 0.909. The average molecular weight is 341 g/mol. The second-order valence-electron chi connectivity index (χ2n) is 6.21. The van der Waals surface area contributed by atoms with Gasteiger partial charge in [0.15, 0.2) is 0 Å². The van der Waals surface area contributed by atoms with Gasteiger partial charge >= 0.3 is 5.97 Å². The molecule has 0 saturated heterocycles. The minimum Gasteiger partial charge on any atom is -0.457 e. The highest BCUT2D eigenvalue weighted by Gasteiger charge is 2.21. The second-order valence-corrected chi connectivity index (χ2v) is 6.21. The van der Waals surface area contributed by atoms with Gasteiger partial charge in [0.25, 0.3) is 0 Å². The standard InChI is InChI=1S/C23H19NO2/c1-17-22(23(25)26-16-18-10-4-2-5-11-18)20-14-8-9-15-21(20)24(17)19-12-6-3-7-13-19/h2-15H,16H2,1H3. The van der Waals surface area contributed by atoms with Crippen molar-refractivity contribution in [1.29, 1.82) is 0 Å². The van der Waals surface area contributed by atoms with Gasteiger partial charge in [0.05, 0.1) is 11.1 Å². The third-order valence-corrected chi connectivity index (χ3v) is 4.54. The number of fused-ring (bicyclic) bond motifs is 1. The van der Waals surface area contributed by atoms with E-state index in [9.17, 15) is 4.79 Å². The van der Waals surface area contributed by atoms with Crippen LogP contribution in [0.3, 0.4) is 0 Å². The fourth-order valence-electron chi connectivity index (χ4n) is 3.33. The molecule has 0 N–H and O–H groups in total. The molecule has 0 aliphatic rings. The first-order valence-electron chi connectivity index (χ1n) is 8.62. The molecule has 0 unspecified atom stereocenters. The lowest BCUT2D eigenvalue weighted by atomic mass is 10.1. The lowest BCUT2D eigenvalue weighted by Gasteiger charge is -2.09. The summed E-state index contributed by atoms with van der Waals surface area (Å²) in [6, 6.07) is 27.7. The van der Waals surface area contributed by atoms with Crippen molar-refractivity contribution in [1.82, 2.24) is 4.57 Å². The van der Waals surface area contributed by atoms with Gasteiger partial charge in [-0.05, 0) is 30.7 Å². The summed E-state index contributed by atoms with van der Waals surface area (Å²) < 4.78 is 7.71. The summed E-state index contributed by atoms with van der Waals surface area (Å²) in [6.45, 7) is 2.23. The van der Waals surface area contributed by atoms with Crippen LogP contribution in [0.5, 0.6) is 0 Å². The Labute approximate surface area is 152 Å². The van der Waals surface area contributed by atoms with Crippen LogP contribution >= 0.6 is 0 Å². The molecular weight excluding hydrogens is 322 g/mol. The third-order valence-electron chi connectivity index (χ3n) is 4.54. The maximum Gasteiger partial charge on any atom is 0.340 e. The summed E-state index contributed by atoms with van der Waals surface area (Å²) >= 11 is 0. The molecule has 0 bridgehead atoms. The smallest absolute Gasteiger partial charge is 0.340 e. The third kappa shape index (κ3) is 2.88. The maximum atomic E-state index is 12.9. The van der Waals surface area contributed by atoms with E-state index < -0.39 is 0 Å². The van der Waals surface area contributed by atoms with Crippen molar-refractivity contribution < 1.29 is 9.53 Å². The Balaban J connectivity index is 1.76. The Morgan fingerprint density at radius 1 is 0.846 bits per heavy atom. The number of ether oxygens (including phenoxy) is 1. The number of hydrogen-bond acceptors (Lipinski definition) is 2. The highest BCUT2D eigenvalue weighted by Crippen LogP contribution is 2.29. The van der Waals surface area contributed by atoms with Gasteiger partial charge in [-0.2, -0.15) is 0 Å². The number of para-hydroxylation sites is 2. The van der Waals surface area contributed by atoms with E-state index in [1.165, 1.54) is 0 Å². The molecule has 3 aromatic carbocycles. The number of hydrogen-bond donors (Lipinski definition) is 0. The molecule has 4 aromatic rings. The second kappa shape index (κ2) is 6.89. The summed E-state index contributed by atoms with van der Waals surface area (Å²) in [7, 11) is 0. The summed E-state index contributed by atoms with van der Waals surface area (Å²) in [6.07, 6.45) is 0. The maximum absolute atomic E-state index is 12.9. The zero-order valence-electron chi connectivity index (χ0n) is 14.6. The largest absolute Gasteiger partial charge is 0.457 e. The molecule has 0 amide bonds. The number of benzene rings is 3. The van der Waals surface area contributed by atoms with Gasteiger partial charge in [-0.1, -0.05) is 66.7 Å². The van der Waals surface area contributed by atoms with Crippen molar-refractivity contribution >= 4 is 16.9 Å². The van der Waals surface area contributed by atoms with E-state index in [2.05, 4.69) is 4.57 Å². The van der Waals surface area contributed by atoms with Crippen LogP contribution in [0.15, 0.2) is 84.9 Å². The molecule has 0 fully saturated rings. The van der Waals surface area contributed by atoms with Crippen LogP contribution in [0.4, 0.5) is 0 Å². The van der Waals surface area contributed by atoms with E-state index in [4.69, 9.17) is 4.74 Å². The van der Waals surface area contributed by atoms with Gasteiger partial charge < -0.3 is 9.30 Å². The Kier molecular flexibility index (Phi) is 4.28. The van der Waals surface area contributed by atoms with Gasteiger partial charge in [-0.15, -0.1) is 0 Å². The molecule has 128 valence electrons. The zero-order chi connectivity index (χ0) is 17.9. The number of carbonyl (C=O) groups is 1. The molecular formula is C23H19NO2. The molecule has 26 heavy (non-hydrogen) atoms. The summed E-state index contributed by atoms with van der Waals surface area (Å²) in [5.74, 6) is -0.294. The van der Waals surface area contributed by atoms with Crippen molar-refractivity contribution in [3.8, 4) is 5.69 Å². The van der Waals surface area contributed by atoms with E-state index >= 15 is 0 Å². The van der Waals surface area contributed by atoms with Crippen LogP contribution in [-0.2, 0) is 11.3 Å². The molecule has 0 atom stereocenters. The molecule has 1 heterocycles. The minimum atomic E-state index is -0.294. The van der Waals surface area contributed by atoms with E-state index in [0.29, 0.717) is 5.56 Å². The fourth-order valence-corrected chi connectivity index (χ4v) is 3.33. The predicted octanol–water partition coefficient (Wildman–Crippen LogP) is 5.30. The first-order chi connectivity index (χ1) is 12.8. The highest BCUT2D eigenvalue weighted by atomic mass is 16.5. The highest BCUT2D eigenvalue weighted by molar-refractivity contribution is 6.06. The number of esters is 1. The molecule has 1 aromatic heterocycles. The number of aromatic nitrogens is 1. The van der Waals surface area contributed by atoms with Crippen LogP contribution in [0.25, 0.3) is 16.6 Å². The van der Waals surface area contributed by atoms with Crippen LogP contribution in [0.2, 0.25) is 0 Å². The lowest BCUT2D eigenvalue weighted by molar-refractivity contribution is 0.0474. The number of nitrogens with zero attached hydrogens (tertiary/aromatic N) is 1. The van der Waals surface area contributed by atoms with Crippen LogP contribution < -0.4 is 0 Å². The molecule has 0 spiro atoms. The Hall–Kier alpha value is -3.33. The quantitative estimate of drug-likeness (QED) is 0.472. The number of carbonyl (C=O) groups excluding carboxylic acids is 1. The monoisotopic (exact) mass is 341 g/mol. The average Bonchev–Trinajstić information content (AvgIpc) is 2.99. The topological polar surface area (TPSA) is 31.2 Å². The van der Waals surface area contributed by atoms with E-state index in [0.717, 1.165) is 27.8 Å². The van der Waals surface area contributed by atoms with Crippen molar-refractivity contribution in [2.75, 3.05) is 0 Å². The van der Waals surface area contributed by atoms with Gasteiger partial charge in [0.1, 0.15) is 6.61 Å². The van der Waals surface area contributed by atoms with Crippen LogP contribution in [-0.4, -0.2) is 10.5 Å². The van der Waals surface area contributed by atoms with Gasteiger partial charge in [0, 0.05) is 16.8 Å². The van der Waals surface area contributed by atoms with Gasteiger partial charge in [-0.3, -0.25) is 0 Å². The normalized spacial score (nSPS) is 10.8. The Morgan fingerprint density at radius 2 is 1.46 bits per heavy atom. The molecule has 0 aliphatic heterocycles. The fraction of sp³-hybridized carbons (Fsp3) is 0.0870. The molecule has 3 nitrogen and oxygen atoms in total. The van der Waals surface area contributed by atoms with Crippen molar-refractivity contribution in [2.45, 2.75) is 13.5 Å². The van der Waals surface area contributed by atoms with Crippen molar-refractivity contribution in [3.05, 3.63) is 102 Å². The van der Waals surface area contributed by atoms with Gasteiger partial charge in [-0.25, -0.2) is 4.79 Å². The Bertz CT molecular complexity index is 1050. The van der Waals surface area contributed by atoms with Crippen LogP contribution in [0, 0.1) is 6.92 Å². The molecule has 0 aliphatic carbocycles. The Morgan fingerprint density at radius 3 is 2.19 bits per heavy atom. The SMILES string of the molecule is Cc1c(C(=O)OCc2ccccc2)c2ccccc2n1-c1ccccc1. The molecule has 0 radical (unpaired) electrons.